The van der Waals surface area contributed by atoms with E-state index in [-0.39, 0.29) is 16.8 Å². The van der Waals surface area contributed by atoms with Gasteiger partial charge in [-0.3, -0.25) is 14.6 Å². The van der Waals surface area contributed by atoms with E-state index >= 15 is 0 Å². The molecule has 0 aliphatic carbocycles. The Hall–Kier alpha value is -3.42. The van der Waals surface area contributed by atoms with E-state index in [9.17, 15) is 19.2 Å². The van der Waals surface area contributed by atoms with Gasteiger partial charge in [-0.05, 0) is 30.3 Å². The maximum absolute atomic E-state index is 10.8. The quantitative estimate of drug-likeness (QED) is 0.643. The van der Waals surface area contributed by atoms with Crippen LogP contribution in [0.3, 0.4) is 0 Å². The maximum atomic E-state index is 10.8. The molecule has 0 saturated carbocycles. The Labute approximate surface area is 122 Å². The van der Waals surface area contributed by atoms with Gasteiger partial charge in [0.15, 0.2) is 0 Å². The first kappa shape index (κ1) is 15.0. The molecule has 8 nitrogen and oxygen atoms in total. The predicted octanol–water partition coefficient (Wildman–Crippen LogP) is 0.260. The number of fused-ring (bicyclic) bond motifs is 1. The highest BCUT2D eigenvalue weighted by Gasteiger charge is 2.14. The van der Waals surface area contributed by atoms with Crippen molar-refractivity contribution >= 4 is 11.9 Å². The summed E-state index contributed by atoms with van der Waals surface area (Å²) in [5.41, 5.74) is -0.557. The van der Waals surface area contributed by atoms with Crippen molar-refractivity contribution in [1.82, 2.24) is 9.97 Å². The molecule has 0 bridgehead atoms. The van der Waals surface area contributed by atoms with Crippen LogP contribution in [0.1, 0.15) is 20.7 Å². The molecule has 2 heterocycles. The second kappa shape index (κ2) is 5.92. The molecule has 1 aromatic carbocycles. The van der Waals surface area contributed by atoms with Gasteiger partial charge in [0.25, 0.3) is 5.43 Å². The van der Waals surface area contributed by atoms with Gasteiger partial charge in [0.1, 0.15) is 5.69 Å². The van der Waals surface area contributed by atoms with Crippen molar-refractivity contribution in [3.8, 4) is 11.4 Å². The second-order valence-corrected chi connectivity index (χ2v) is 4.11. The van der Waals surface area contributed by atoms with Crippen molar-refractivity contribution in [3.63, 3.8) is 0 Å². The van der Waals surface area contributed by atoms with Crippen molar-refractivity contribution in [1.29, 1.82) is 0 Å². The third-order valence-corrected chi connectivity index (χ3v) is 2.69. The summed E-state index contributed by atoms with van der Waals surface area (Å²) < 4.78 is 0. The molecule has 2 aliphatic rings. The van der Waals surface area contributed by atoms with Crippen LogP contribution in [0.25, 0.3) is 11.4 Å². The highest BCUT2D eigenvalue weighted by molar-refractivity contribution is 5.91. The zero-order chi connectivity index (χ0) is 16.3. The fourth-order valence-electron chi connectivity index (χ4n) is 1.61. The summed E-state index contributed by atoms with van der Waals surface area (Å²) in [5, 5.41) is 16.9. The number of benzene rings is 1. The third-order valence-electron chi connectivity index (χ3n) is 2.69. The van der Waals surface area contributed by atoms with Gasteiger partial charge in [0.2, 0.25) is 0 Å². The van der Waals surface area contributed by atoms with Crippen LogP contribution in [-0.4, -0.2) is 32.1 Å². The van der Waals surface area contributed by atoms with Gasteiger partial charge in [0, 0.05) is 6.20 Å². The van der Waals surface area contributed by atoms with Gasteiger partial charge in [-0.1, -0.05) is 0 Å². The topological polar surface area (TPSA) is 135 Å². The normalized spacial score (nSPS) is 10.0. The van der Waals surface area contributed by atoms with Crippen LogP contribution in [0.5, 0.6) is 0 Å². The molecule has 0 atom stereocenters. The van der Waals surface area contributed by atoms with Crippen LogP contribution >= 0.6 is 0 Å². The summed E-state index contributed by atoms with van der Waals surface area (Å²) in [6.07, 6.45) is 1.46. The monoisotopic (exact) mass is 300 g/mol. The Bertz CT molecular complexity index is 844. The zero-order valence-electron chi connectivity index (χ0n) is 10.9. The first-order chi connectivity index (χ1) is 10.4. The first-order valence-electron chi connectivity index (χ1n) is 5.89. The number of aromatic carboxylic acids is 2. The molecule has 2 aliphatic heterocycles. The van der Waals surface area contributed by atoms with E-state index in [1.54, 1.807) is 0 Å². The fourth-order valence-corrected chi connectivity index (χ4v) is 1.61. The smallest absolute Gasteiger partial charge is 0.335 e. The Morgan fingerprint density at radius 1 is 0.864 bits per heavy atom. The van der Waals surface area contributed by atoms with E-state index in [0.29, 0.717) is 5.69 Å². The van der Waals surface area contributed by atoms with Crippen LogP contribution < -0.4 is 11.0 Å². The Morgan fingerprint density at radius 3 is 1.77 bits per heavy atom. The van der Waals surface area contributed by atoms with Crippen LogP contribution in [-0.2, 0) is 0 Å². The lowest BCUT2D eigenvalue weighted by atomic mass is 10.1. The molecule has 0 radical (unpaired) electrons. The van der Waals surface area contributed by atoms with Crippen molar-refractivity contribution in [2.75, 3.05) is 0 Å². The lowest BCUT2D eigenvalue weighted by molar-refractivity contribution is 0.0681. The van der Waals surface area contributed by atoms with E-state index < -0.39 is 22.9 Å². The molecule has 0 amide bonds. The standard InChI is InChI=1S/C8H6O4.C6H2N2O2/c9-7(10)5-1-2-6(4-3-5)8(11)12;9-5-4-3(1-2-7-4)8-6(5)10/h1-4H,(H,9,10)(H,11,12);1-2H. The molecule has 1 aromatic rings. The van der Waals surface area contributed by atoms with E-state index in [1.165, 1.54) is 36.5 Å². The molecule has 3 rings (SSSR count). The largest absolute Gasteiger partial charge is 0.478 e. The third kappa shape index (κ3) is 3.01. The van der Waals surface area contributed by atoms with Crippen LogP contribution in [0.15, 0.2) is 46.1 Å². The number of aromatic nitrogens is 2. The minimum absolute atomic E-state index is 0.0833. The molecule has 8 heteroatoms. The average Bonchev–Trinajstić information content (AvgIpc) is 3.04. The Balaban J connectivity index is 0.000000162. The molecular weight excluding hydrogens is 292 g/mol. The van der Waals surface area contributed by atoms with Gasteiger partial charge in [-0.2, -0.15) is 0 Å². The summed E-state index contributed by atoms with van der Waals surface area (Å²) >= 11 is 0. The van der Waals surface area contributed by atoms with Gasteiger partial charge < -0.3 is 10.2 Å². The van der Waals surface area contributed by atoms with Crippen LogP contribution in [0.2, 0.25) is 0 Å². The predicted molar refractivity (Wildman–Crippen MR) is 73.9 cm³/mol. The lowest BCUT2D eigenvalue weighted by Gasteiger charge is -1.94. The van der Waals surface area contributed by atoms with E-state index in [0.717, 1.165) is 0 Å². The summed E-state index contributed by atoms with van der Waals surface area (Å²) in [6, 6.07) is 6.56. The molecule has 22 heavy (non-hydrogen) atoms. The number of carbonyl (C=O) groups is 2. The van der Waals surface area contributed by atoms with Gasteiger partial charge in [-0.15, -0.1) is 0 Å². The minimum atomic E-state index is -1.06. The Morgan fingerprint density at radius 2 is 1.36 bits per heavy atom. The SMILES string of the molecule is O=C(O)c1ccc(C(=O)O)cc1.O=c1nc2ccnc-2c1=O. The average molecular weight is 300 g/mol. The molecule has 0 fully saturated rings. The summed E-state index contributed by atoms with van der Waals surface area (Å²) in [7, 11) is 0. The van der Waals surface area contributed by atoms with E-state index in [2.05, 4.69) is 9.97 Å². The van der Waals surface area contributed by atoms with Crippen molar-refractivity contribution in [2.45, 2.75) is 0 Å². The van der Waals surface area contributed by atoms with Crippen LogP contribution in [0.4, 0.5) is 0 Å². The van der Waals surface area contributed by atoms with Gasteiger partial charge in [-0.25, -0.2) is 14.6 Å². The number of hydrogen-bond acceptors (Lipinski definition) is 6. The summed E-state index contributed by atoms with van der Waals surface area (Å²) in [4.78, 5) is 49.1. The molecule has 0 saturated heterocycles. The molecule has 0 aromatic heterocycles. The molecule has 110 valence electrons. The lowest BCUT2D eigenvalue weighted by Crippen LogP contribution is -2.19. The van der Waals surface area contributed by atoms with Gasteiger partial charge in [0.05, 0.1) is 16.8 Å². The maximum Gasteiger partial charge on any atom is 0.335 e. The van der Waals surface area contributed by atoms with Crippen molar-refractivity contribution in [2.24, 2.45) is 0 Å². The Kier molecular flexibility index (Phi) is 4.03. The van der Waals surface area contributed by atoms with Crippen LogP contribution in [0, 0.1) is 0 Å². The van der Waals surface area contributed by atoms with Gasteiger partial charge >= 0.3 is 17.5 Å². The number of carboxylic acids is 2. The first-order valence-corrected chi connectivity index (χ1v) is 5.89. The fraction of sp³-hybridized carbons (Fsp3) is 0. The number of rotatable bonds is 2. The molecule has 0 unspecified atom stereocenters. The highest BCUT2D eigenvalue weighted by atomic mass is 16.4. The summed E-state index contributed by atoms with van der Waals surface area (Å²) in [5.74, 6) is -2.13. The molecule has 2 N–H and O–H groups in total. The second-order valence-electron chi connectivity index (χ2n) is 4.11. The highest BCUT2D eigenvalue weighted by Crippen LogP contribution is 2.08. The van der Waals surface area contributed by atoms with E-state index in [1.807, 2.05) is 0 Å². The zero-order valence-corrected chi connectivity index (χ0v) is 10.9. The molecular formula is C14H8N2O6. The number of hydrogen-bond donors (Lipinski definition) is 2. The number of nitrogens with zero attached hydrogens (tertiary/aromatic N) is 2. The van der Waals surface area contributed by atoms with E-state index in [4.69, 9.17) is 10.2 Å². The van der Waals surface area contributed by atoms with Crippen molar-refractivity contribution in [3.05, 3.63) is 68.2 Å². The summed E-state index contributed by atoms with van der Waals surface area (Å²) in [6.45, 7) is 0. The number of carboxylic acid groups (broad SMARTS) is 2. The minimum Gasteiger partial charge on any atom is -0.478 e. The van der Waals surface area contributed by atoms with Crippen molar-refractivity contribution < 1.29 is 19.8 Å². The molecule has 0 spiro atoms.